The van der Waals surface area contributed by atoms with Gasteiger partial charge in [-0.3, -0.25) is 4.55 Å². The number of hydrogen-bond donors (Lipinski definition) is 1. The Balaban J connectivity index is 3.57. The molecule has 3 nitrogen and oxygen atoms in total. The highest BCUT2D eigenvalue weighted by Crippen LogP contribution is 2.20. The summed E-state index contributed by atoms with van der Waals surface area (Å²) in [5, 5.41) is 0. The van der Waals surface area contributed by atoms with Crippen LogP contribution in [0.3, 0.4) is 0 Å². The Bertz CT molecular complexity index is 409. The predicted molar refractivity (Wildman–Crippen MR) is 49.3 cm³/mol. The summed E-state index contributed by atoms with van der Waals surface area (Å²) in [6.45, 7) is 5.09. The average molecular weight is 199 g/mol. The maximum absolute atomic E-state index is 10.9. The molecule has 0 saturated carbocycles. The minimum absolute atomic E-state index is 0.0295. The molecule has 0 fully saturated rings. The lowest BCUT2D eigenvalue weighted by atomic mass is 10.1. The van der Waals surface area contributed by atoms with Crippen molar-refractivity contribution < 1.29 is 13.0 Å². The summed E-state index contributed by atoms with van der Waals surface area (Å²) >= 11 is 0. The molecule has 0 atom stereocenters. The summed E-state index contributed by atoms with van der Waals surface area (Å²) in [6, 6.07) is 4.52. The Morgan fingerprint density at radius 1 is 1.31 bits per heavy atom. The molecule has 1 rings (SSSR count). The van der Waals surface area contributed by atoms with E-state index in [0.717, 1.165) is 5.56 Å². The molecule has 0 heterocycles. The molecule has 0 amide bonds. The molecule has 0 bridgehead atoms. The predicted octanol–water partition coefficient (Wildman–Crippen LogP) is 1.66. The molecule has 1 aromatic carbocycles. The van der Waals surface area contributed by atoms with Crippen LogP contribution in [0.15, 0.2) is 11.0 Å². The van der Waals surface area contributed by atoms with Crippen LogP contribution in [0.25, 0.3) is 0 Å². The first-order chi connectivity index (χ1) is 5.82. The number of hydrogen-bond acceptors (Lipinski definition) is 2. The molecule has 0 saturated heterocycles. The van der Waals surface area contributed by atoms with E-state index in [1.54, 1.807) is 19.9 Å². The SMILES string of the molecule is Cc1[c]c(C)c(S(=O)(=O)O)c(C)c1. The molecule has 0 aromatic heterocycles. The van der Waals surface area contributed by atoms with Gasteiger partial charge in [-0.1, -0.05) is 6.07 Å². The normalized spacial score (nSPS) is 11.7. The van der Waals surface area contributed by atoms with E-state index in [0.29, 0.717) is 11.1 Å². The van der Waals surface area contributed by atoms with Gasteiger partial charge in [0.2, 0.25) is 0 Å². The zero-order chi connectivity index (χ0) is 10.2. The molecular weight excluding hydrogens is 188 g/mol. The third kappa shape index (κ3) is 2.08. The monoisotopic (exact) mass is 199 g/mol. The van der Waals surface area contributed by atoms with Crippen LogP contribution in [0, 0.1) is 26.8 Å². The Hall–Kier alpha value is -0.870. The fourth-order valence-corrected chi connectivity index (χ4v) is 2.38. The molecule has 0 aliphatic carbocycles. The molecule has 1 N–H and O–H groups in total. The van der Waals surface area contributed by atoms with E-state index < -0.39 is 10.1 Å². The lowest BCUT2D eigenvalue weighted by Crippen LogP contribution is -2.04. The van der Waals surface area contributed by atoms with Crippen molar-refractivity contribution >= 4 is 10.1 Å². The summed E-state index contributed by atoms with van der Waals surface area (Å²) in [6.07, 6.45) is 0. The van der Waals surface area contributed by atoms with Crippen molar-refractivity contribution in [2.75, 3.05) is 0 Å². The summed E-state index contributed by atoms with van der Waals surface area (Å²) < 4.78 is 30.7. The first kappa shape index (κ1) is 10.2. The summed E-state index contributed by atoms with van der Waals surface area (Å²) in [4.78, 5) is -0.0295. The van der Waals surface area contributed by atoms with Gasteiger partial charge in [0.05, 0.1) is 0 Å². The van der Waals surface area contributed by atoms with Gasteiger partial charge in [-0.05, 0) is 43.5 Å². The number of rotatable bonds is 1. The van der Waals surface area contributed by atoms with E-state index in [2.05, 4.69) is 6.07 Å². The van der Waals surface area contributed by atoms with Crippen LogP contribution in [0.1, 0.15) is 16.7 Å². The van der Waals surface area contributed by atoms with Crippen molar-refractivity contribution in [1.82, 2.24) is 0 Å². The Morgan fingerprint density at radius 2 is 1.85 bits per heavy atom. The van der Waals surface area contributed by atoms with Gasteiger partial charge in [-0.2, -0.15) is 8.42 Å². The molecule has 1 aromatic rings. The standard InChI is InChI=1S/C9H11O3S/c1-6-4-7(2)9(8(3)5-6)13(10,11)12/h4H,1-3H3,(H,10,11,12). The van der Waals surface area contributed by atoms with Crippen LogP contribution in [-0.4, -0.2) is 13.0 Å². The van der Waals surface area contributed by atoms with Crippen LogP contribution in [0.5, 0.6) is 0 Å². The maximum Gasteiger partial charge on any atom is 0.295 e. The van der Waals surface area contributed by atoms with Gasteiger partial charge in [0, 0.05) is 0 Å². The Labute approximate surface area is 78.2 Å². The summed E-state index contributed by atoms with van der Waals surface area (Å²) in [7, 11) is -4.11. The van der Waals surface area contributed by atoms with E-state index in [-0.39, 0.29) is 4.90 Å². The number of aryl methyl sites for hydroxylation is 3. The second kappa shape index (κ2) is 3.12. The minimum Gasteiger partial charge on any atom is -0.282 e. The molecule has 0 aliphatic heterocycles. The van der Waals surface area contributed by atoms with Crippen LogP contribution in [-0.2, 0) is 10.1 Å². The topological polar surface area (TPSA) is 54.4 Å². The van der Waals surface area contributed by atoms with E-state index in [9.17, 15) is 8.42 Å². The van der Waals surface area contributed by atoms with Crippen molar-refractivity contribution in [3.63, 3.8) is 0 Å². The van der Waals surface area contributed by atoms with E-state index in [1.165, 1.54) is 0 Å². The van der Waals surface area contributed by atoms with Crippen molar-refractivity contribution in [1.29, 1.82) is 0 Å². The van der Waals surface area contributed by atoms with Crippen molar-refractivity contribution in [2.45, 2.75) is 25.7 Å². The molecule has 13 heavy (non-hydrogen) atoms. The van der Waals surface area contributed by atoms with Crippen molar-refractivity contribution in [3.05, 3.63) is 28.8 Å². The molecule has 4 heteroatoms. The Morgan fingerprint density at radius 3 is 2.23 bits per heavy atom. The van der Waals surface area contributed by atoms with Crippen LogP contribution in [0.4, 0.5) is 0 Å². The molecule has 71 valence electrons. The first-order valence-electron chi connectivity index (χ1n) is 3.80. The van der Waals surface area contributed by atoms with Gasteiger partial charge < -0.3 is 0 Å². The lowest BCUT2D eigenvalue weighted by molar-refractivity contribution is 0.482. The third-order valence-corrected chi connectivity index (χ3v) is 2.92. The number of benzene rings is 1. The van der Waals surface area contributed by atoms with E-state index >= 15 is 0 Å². The van der Waals surface area contributed by atoms with Crippen LogP contribution < -0.4 is 0 Å². The van der Waals surface area contributed by atoms with E-state index in [1.807, 2.05) is 6.92 Å². The molecule has 0 unspecified atom stereocenters. The summed E-state index contributed by atoms with van der Waals surface area (Å²) in [5.41, 5.74) is 1.87. The fourth-order valence-electron chi connectivity index (χ4n) is 1.47. The van der Waals surface area contributed by atoms with Gasteiger partial charge in [0.25, 0.3) is 10.1 Å². The average Bonchev–Trinajstić information content (AvgIpc) is 1.78. The van der Waals surface area contributed by atoms with Crippen molar-refractivity contribution in [2.24, 2.45) is 0 Å². The second-order valence-corrected chi connectivity index (χ2v) is 4.42. The highest BCUT2D eigenvalue weighted by atomic mass is 32.2. The van der Waals surface area contributed by atoms with Crippen LogP contribution in [0.2, 0.25) is 0 Å². The van der Waals surface area contributed by atoms with E-state index in [4.69, 9.17) is 4.55 Å². The van der Waals surface area contributed by atoms with Crippen molar-refractivity contribution in [3.8, 4) is 0 Å². The quantitative estimate of drug-likeness (QED) is 0.700. The molecule has 1 radical (unpaired) electrons. The summed E-state index contributed by atoms with van der Waals surface area (Å²) in [5.74, 6) is 0. The molecule has 0 aliphatic rings. The fraction of sp³-hybridized carbons (Fsp3) is 0.333. The van der Waals surface area contributed by atoms with Gasteiger partial charge in [0.15, 0.2) is 0 Å². The second-order valence-electron chi connectivity index (χ2n) is 3.06. The highest BCUT2D eigenvalue weighted by molar-refractivity contribution is 7.86. The zero-order valence-electron chi connectivity index (χ0n) is 7.75. The largest absolute Gasteiger partial charge is 0.295 e. The maximum atomic E-state index is 10.9. The molecule has 0 spiro atoms. The third-order valence-electron chi connectivity index (χ3n) is 1.77. The molecular formula is C9H11O3S. The van der Waals surface area contributed by atoms with Gasteiger partial charge >= 0.3 is 0 Å². The van der Waals surface area contributed by atoms with Crippen LogP contribution >= 0.6 is 0 Å². The van der Waals surface area contributed by atoms with Gasteiger partial charge in [-0.25, -0.2) is 0 Å². The highest BCUT2D eigenvalue weighted by Gasteiger charge is 2.16. The lowest BCUT2D eigenvalue weighted by Gasteiger charge is -2.06. The smallest absolute Gasteiger partial charge is 0.282 e. The minimum atomic E-state index is -4.11. The van der Waals surface area contributed by atoms with Gasteiger partial charge in [0.1, 0.15) is 4.90 Å². The first-order valence-corrected chi connectivity index (χ1v) is 5.24. The Kier molecular flexibility index (Phi) is 2.45. The van der Waals surface area contributed by atoms with Gasteiger partial charge in [-0.15, -0.1) is 0 Å². The zero-order valence-corrected chi connectivity index (χ0v) is 8.57.